The van der Waals surface area contributed by atoms with Crippen molar-refractivity contribution in [1.82, 2.24) is 10.3 Å². The van der Waals surface area contributed by atoms with Crippen molar-refractivity contribution in [1.29, 1.82) is 0 Å². The molecule has 2 heterocycles. The topological polar surface area (TPSA) is 101 Å². The first-order chi connectivity index (χ1) is 20.6. The molecule has 0 aliphatic carbocycles. The van der Waals surface area contributed by atoms with Crippen LogP contribution < -0.4 is 5.32 Å². The minimum Gasteiger partial charge on any atom is -0.396 e. The highest BCUT2D eigenvalue weighted by Gasteiger charge is 2.38. The fraction of sp³-hybridized carbons (Fsp3) is 0.294. The molecule has 1 aromatic heterocycles. The molecule has 0 saturated carbocycles. The molecular formula is C34H36N2O5S. The second-order valence-corrected chi connectivity index (χ2v) is 11.5. The molecule has 8 heteroatoms. The molecule has 1 saturated heterocycles. The van der Waals surface area contributed by atoms with Crippen molar-refractivity contribution in [3.63, 3.8) is 0 Å². The van der Waals surface area contributed by atoms with Gasteiger partial charge in [0.05, 0.1) is 31.0 Å². The van der Waals surface area contributed by atoms with Gasteiger partial charge >= 0.3 is 0 Å². The van der Waals surface area contributed by atoms with Crippen LogP contribution in [-0.2, 0) is 22.6 Å². The lowest BCUT2D eigenvalue weighted by atomic mass is 9.91. The van der Waals surface area contributed by atoms with Crippen molar-refractivity contribution >= 4 is 17.7 Å². The van der Waals surface area contributed by atoms with E-state index < -0.39 is 6.29 Å². The maximum atomic E-state index is 12.4. The summed E-state index contributed by atoms with van der Waals surface area (Å²) in [4.78, 5) is 16.4. The molecule has 42 heavy (non-hydrogen) atoms. The summed E-state index contributed by atoms with van der Waals surface area (Å²) in [5, 5.41) is 21.7. The van der Waals surface area contributed by atoms with Gasteiger partial charge in [0.25, 0.3) is 5.91 Å². The average molecular weight is 585 g/mol. The summed E-state index contributed by atoms with van der Waals surface area (Å²) in [6.07, 6.45) is 2.44. The van der Waals surface area contributed by atoms with Crippen LogP contribution in [0.3, 0.4) is 0 Å². The van der Waals surface area contributed by atoms with Gasteiger partial charge in [-0.05, 0) is 46.0 Å². The molecule has 3 aromatic carbocycles. The number of carbonyl (C=O) groups is 1. The molecule has 7 nitrogen and oxygen atoms in total. The van der Waals surface area contributed by atoms with E-state index in [1.807, 2.05) is 48.5 Å². The number of pyridine rings is 1. The second-order valence-electron chi connectivity index (χ2n) is 10.4. The van der Waals surface area contributed by atoms with Gasteiger partial charge in [0.1, 0.15) is 0 Å². The number of nitrogens with one attached hydrogen (secondary N) is 1. The maximum Gasteiger partial charge on any atom is 0.253 e. The van der Waals surface area contributed by atoms with Crippen LogP contribution in [0.2, 0.25) is 0 Å². The number of carbonyl (C=O) groups excluding carboxylic acids is 1. The molecule has 3 N–H and O–H groups in total. The Morgan fingerprint density at radius 3 is 2.40 bits per heavy atom. The van der Waals surface area contributed by atoms with Crippen LogP contribution in [0.25, 0.3) is 11.1 Å². The lowest BCUT2D eigenvalue weighted by molar-refractivity contribution is -0.268. The number of aromatic nitrogens is 1. The Bertz CT molecular complexity index is 1430. The Balaban J connectivity index is 1.30. The van der Waals surface area contributed by atoms with E-state index in [0.717, 1.165) is 39.1 Å². The quantitative estimate of drug-likeness (QED) is 0.195. The van der Waals surface area contributed by atoms with E-state index in [4.69, 9.17) is 9.47 Å². The largest absolute Gasteiger partial charge is 0.396 e. The van der Waals surface area contributed by atoms with Gasteiger partial charge in [-0.2, -0.15) is 11.8 Å². The van der Waals surface area contributed by atoms with Gasteiger partial charge in [0.2, 0.25) is 0 Å². The summed E-state index contributed by atoms with van der Waals surface area (Å²) in [7, 11) is 0. The Morgan fingerprint density at radius 2 is 1.69 bits per heavy atom. The van der Waals surface area contributed by atoms with E-state index in [9.17, 15) is 15.0 Å². The van der Waals surface area contributed by atoms with Crippen LogP contribution >= 0.6 is 11.8 Å². The Hall–Kier alpha value is -3.53. The summed E-state index contributed by atoms with van der Waals surface area (Å²) < 4.78 is 13.0. The first-order valence-electron chi connectivity index (χ1n) is 14.1. The fourth-order valence-electron chi connectivity index (χ4n) is 5.05. The van der Waals surface area contributed by atoms with E-state index in [0.29, 0.717) is 17.9 Å². The van der Waals surface area contributed by atoms with Gasteiger partial charge in [-0.15, -0.1) is 0 Å². The molecular weight excluding hydrogens is 548 g/mol. The highest BCUT2D eigenvalue weighted by molar-refractivity contribution is 7.99. The van der Waals surface area contributed by atoms with Crippen molar-refractivity contribution in [3.8, 4) is 11.1 Å². The van der Waals surface area contributed by atoms with Crippen LogP contribution in [-0.4, -0.2) is 45.3 Å². The number of ether oxygens (including phenoxy) is 2. The van der Waals surface area contributed by atoms with Gasteiger partial charge in [-0.3, -0.25) is 9.78 Å². The highest BCUT2D eigenvalue weighted by atomic mass is 32.2. The molecule has 1 aliphatic rings. The standard InChI is InChI=1S/C34H36N2O5S/c1-23-31(22-42-17-16-37)40-34(41-32(23)27-9-7-24(21-38)8-10-27)28-13-11-26(12-14-28)29-5-2-4-25(18-29)19-36-33(39)30-6-3-15-35-20-30/h2-15,18,20,23,31-32,34,37-38H,16-17,19,21-22H2,1H3,(H,36,39)/t23-,31+,32+,34+/m0/s1. The predicted octanol–water partition coefficient (Wildman–Crippen LogP) is 5.69. The summed E-state index contributed by atoms with van der Waals surface area (Å²) >= 11 is 1.68. The number of hydrogen-bond donors (Lipinski definition) is 3. The molecule has 0 bridgehead atoms. The third-order valence-electron chi connectivity index (χ3n) is 7.46. The second kappa shape index (κ2) is 14.6. The van der Waals surface area contributed by atoms with E-state index in [-0.39, 0.29) is 37.2 Å². The Morgan fingerprint density at radius 1 is 0.905 bits per heavy atom. The minimum atomic E-state index is -0.536. The molecule has 0 spiro atoms. The SMILES string of the molecule is C[C@H]1[C@@H](CSCCO)O[C@@H](c2ccc(-c3cccc(CNC(=O)c4cccnc4)c3)cc2)O[C@H]1c1ccc(CO)cc1. The van der Waals surface area contributed by atoms with E-state index in [1.165, 1.54) is 0 Å². The summed E-state index contributed by atoms with van der Waals surface area (Å²) in [6.45, 7) is 2.69. The third kappa shape index (κ3) is 7.45. The lowest BCUT2D eigenvalue weighted by Gasteiger charge is -2.41. The van der Waals surface area contributed by atoms with E-state index in [2.05, 4.69) is 41.5 Å². The number of nitrogens with zero attached hydrogens (tertiary/aromatic N) is 1. The molecule has 1 fully saturated rings. The average Bonchev–Trinajstić information content (AvgIpc) is 3.05. The summed E-state index contributed by atoms with van der Waals surface area (Å²) in [6, 6.07) is 27.7. The van der Waals surface area contributed by atoms with Gasteiger partial charge in [0, 0.05) is 41.9 Å². The van der Waals surface area contributed by atoms with Crippen molar-refractivity contribution in [2.45, 2.75) is 38.6 Å². The van der Waals surface area contributed by atoms with E-state index >= 15 is 0 Å². The van der Waals surface area contributed by atoms with Crippen LogP contribution in [0.4, 0.5) is 0 Å². The zero-order chi connectivity index (χ0) is 29.3. The molecule has 4 aromatic rings. The summed E-state index contributed by atoms with van der Waals surface area (Å²) in [5.41, 5.74) is 6.47. The third-order valence-corrected chi connectivity index (χ3v) is 8.50. The molecule has 4 atom stereocenters. The zero-order valence-corrected chi connectivity index (χ0v) is 24.4. The number of hydrogen-bond acceptors (Lipinski definition) is 7. The Kier molecular flexibility index (Phi) is 10.4. The maximum absolute atomic E-state index is 12.4. The number of benzene rings is 3. The molecule has 1 amide bonds. The normalized spacial score (nSPS) is 20.3. The fourth-order valence-corrected chi connectivity index (χ4v) is 5.96. The minimum absolute atomic E-state index is 0.00279. The predicted molar refractivity (Wildman–Crippen MR) is 165 cm³/mol. The first-order valence-corrected chi connectivity index (χ1v) is 15.3. The smallest absolute Gasteiger partial charge is 0.253 e. The van der Waals surface area contributed by atoms with Gasteiger partial charge in [-0.1, -0.05) is 73.7 Å². The van der Waals surface area contributed by atoms with Crippen LogP contribution in [0, 0.1) is 5.92 Å². The van der Waals surface area contributed by atoms with Crippen LogP contribution in [0.1, 0.15) is 51.9 Å². The molecule has 0 radical (unpaired) electrons. The zero-order valence-electron chi connectivity index (χ0n) is 23.6. The van der Waals surface area contributed by atoms with Crippen LogP contribution in [0.15, 0.2) is 97.3 Å². The van der Waals surface area contributed by atoms with Gasteiger partial charge in [0.15, 0.2) is 6.29 Å². The number of rotatable bonds is 11. The van der Waals surface area contributed by atoms with Gasteiger partial charge < -0.3 is 25.0 Å². The number of thioether (sulfide) groups is 1. The molecule has 1 aliphatic heterocycles. The summed E-state index contributed by atoms with van der Waals surface area (Å²) in [5.74, 6) is 1.37. The number of aliphatic hydroxyl groups excluding tert-OH is 2. The lowest BCUT2D eigenvalue weighted by Crippen LogP contribution is -2.38. The highest BCUT2D eigenvalue weighted by Crippen LogP contribution is 2.42. The van der Waals surface area contributed by atoms with Crippen molar-refractivity contribution in [2.75, 3.05) is 18.1 Å². The van der Waals surface area contributed by atoms with Crippen LogP contribution in [0.5, 0.6) is 0 Å². The van der Waals surface area contributed by atoms with Gasteiger partial charge in [-0.25, -0.2) is 0 Å². The first kappa shape index (κ1) is 29.9. The van der Waals surface area contributed by atoms with Crippen molar-refractivity contribution < 1.29 is 24.5 Å². The van der Waals surface area contributed by atoms with Crippen molar-refractivity contribution in [2.24, 2.45) is 5.92 Å². The van der Waals surface area contributed by atoms with E-state index in [1.54, 1.807) is 36.3 Å². The molecule has 5 rings (SSSR count). The molecule has 0 unspecified atom stereocenters. The number of aliphatic hydroxyl groups is 2. The Labute approximate surface area is 250 Å². The van der Waals surface area contributed by atoms with Crippen molar-refractivity contribution in [3.05, 3.63) is 125 Å². The molecule has 218 valence electrons. The number of amides is 1. The monoisotopic (exact) mass is 584 g/mol.